The van der Waals surface area contributed by atoms with E-state index in [1.165, 1.54) is 0 Å². The molecule has 16 heavy (non-hydrogen) atoms. The van der Waals surface area contributed by atoms with E-state index in [2.05, 4.69) is 29.4 Å². The van der Waals surface area contributed by atoms with Crippen LogP contribution in [0.2, 0.25) is 0 Å². The third-order valence-corrected chi connectivity index (χ3v) is 3.24. The highest BCUT2D eigenvalue weighted by atomic mass is 16.2. The highest BCUT2D eigenvalue weighted by molar-refractivity contribution is 5.77. The number of hydrogen-bond donors (Lipinski definition) is 2. The van der Waals surface area contributed by atoms with Gasteiger partial charge in [-0.25, -0.2) is 0 Å². The van der Waals surface area contributed by atoms with Gasteiger partial charge < -0.3 is 10.6 Å². The maximum atomic E-state index is 11.6. The average molecular weight is 227 g/mol. The summed E-state index contributed by atoms with van der Waals surface area (Å²) in [6.07, 6.45) is 2.30. The zero-order valence-corrected chi connectivity index (χ0v) is 10.8. The van der Waals surface area contributed by atoms with Crippen LogP contribution in [0.25, 0.3) is 0 Å². The normalized spacial score (nSPS) is 25.8. The maximum absolute atomic E-state index is 11.6. The molecule has 2 atom stereocenters. The highest BCUT2D eigenvalue weighted by Gasteiger charge is 2.24. The minimum atomic E-state index is 0.149. The molecule has 1 saturated heterocycles. The fourth-order valence-electron chi connectivity index (χ4n) is 2.37. The Bertz CT molecular complexity index is 220. The first-order valence-corrected chi connectivity index (χ1v) is 6.41. The van der Waals surface area contributed by atoms with Crippen LogP contribution in [0.3, 0.4) is 0 Å². The Morgan fingerprint density at radius 3 is 2.81 bits per heavy atom. The van der Waals surface area contributed by atoms with E-state index in [9.17, 15) is 4.79 Å². The minimum Gasteiger partial charge on any atom is -0.355 e. The predicted molar refractivity (Wildman–Crippen MR) is 66.4 cm³/mol. The molecule has 2 unspecified atom stereocenters. The number of hydrogen-bond acceptors (Lipinski definition) is 3. The van der Waals surface area contributed by atoms with Gasteiger partial charge in [0.2, 0.25) is 5.91 Å². The third kappa shape index (κ3) is 4.10. The molecular formula is C12H25N3O. The van der Waals surface area contributed by atoms with Crippen LogP contribution in [-0.4, -0.2) is 49.1 Å². The van der Waals surface area contributed by atoms with Gasteiger partial charge in [-0.05, 0) is 39.8 Å². The van der Waals surface area contributed by atoms with Gasteiger partial charge in [0.1, 0.15) is 0 Å². The number of carbonyl (C=O) groups excluding carboxylic acids is 1. The van der Waals surface area contributed by atoms with E-state index in [4.69, 9.17) is 0 Å². The molecular weight excluding hydrogens is 202 g/mol. The van der Waals surface area contributed by atoms with Crippen molar-refractivity contribution in [1.29, 1.82) is 0 Å². The second kappa shape index (κ2) is 6.86. The van der Waals surface area contributed by atoms with Crippen LogP contribution in [0.5, 0.6) is 0 Å². The minimum absolute atomic E-state index is 0.149. The molecule has 4 heteroatoms. The summed E-state index contributed by atoms with van der Waals surface area (Å²) in [5.41, 5.74) is 0. The highest BCUT2D eigenvalue weighted by Crippen LogP contribution is 2.14. The fourth-order valence-corrected chi connectivity index (χ4v) is 2.37. The Morgan fingerprint density at radius 1 is 1.50 bits per heavy atom. The smallest absolute Gasteiger partial charge is 0.234 e. The van der Waals surface area contributed by atoms with Crippen LogP contribution < -0.4 is 10.6 Å². The number of nitrogens with zero attached hydrogens (tertiary/aromatic N) is 1. The van der Waals surface area contributed by atoms with Gasteiger partial charge in [-0.15, -0.1) is 0 Å². The van der Waals surface area contributed by atoms with Crippen LogP contribution in [0.15, 0.2) is 0 Å². The van der Waals surface area contributed by atoms with Crippen LogP contribution in [0, 0.1) is 0 Å². The lowest BCUT2D eigenvalue weighted by molar-refractivity contribution is -0.122. The van der Waals surface area contributed by atoms with Gasteiger partial charge in [-0.1, -0.05) is 6.92 Å². The Labute approximate surface area is 98.8 Å². The summed E-state index contributed by atoms with van der Waals surface area (Å²) in [7, 11) is 0. The largest absolute Gasteiger partial charge is 0.355 e. The molecule has 1 aliphatic rings. The van der Waals surface area contributed by atoms with Gasteiger partial charge in [0.05, 0.1) is 6.54 Å². The van der Waals surface area contributed by atoms with Crippen LogP contribution in [0.1, 0.15) is 33.6 Å². The zero-order valence-electron chi connectivity index (χ0n) is 10.8. The Morgan fingerprint density at radius 2 is 2.25 bits per heavy atom. The summed E-state index contributed by atoms with van der Waals surface area (Å²) < 4.78 is 0. The van der Waals surface area contributed by atoms with Crippen molar-refractivity contribution in [2.75, 3.05) is 26.2 Å². The summed E-state index contributed by atoms with van der Waals surface area (Å²) in [4.78, 5) is 13.9. The van der Waals surface area contributed by atoms with Gasteiger partial charge >= 0.3 is 0 Å². The van der Waals surface area contributed by atoms with Crippen molar-refractivity contribution in [2.24, 2.45) is 0 Å². The van der Waals surface area contributed by atoms with E-state index in [1.807, 2.05) is 6.92 Å². The third-order valence-electron chi connectivity index (χ3n) is 3.24. The number of likely N-dealkylation sites (N-methyl/N-ethyl adjacent to an activating group) is 2. The van der Waals surface area contributed by atoms with E-state index in [0.717, 1.165) is 32.5 Å². The molecule has 0 bridgehead atoms. The molecule has 0 aliphatic carbocycles. The number of nitrogens with one attached hydrogen (secondary N) is 2. The molecule has 4 nitrogen and oxygen atoms in total. The molecule has 2 N–H and O–H groups in total. The van der Waals surface area contributed by atoms with Gasteiger partial charge in [-0.2, -0.15) is 0 Å². The standard InChI is InChI=1S/C12H25N3O/c1-4-13-12(16)9-15(5-2)11-6-7-14-10(3)8-11/h10-11,14H,4-9H2,1-3H3,(H,13,16). The topological polar surface area (TPSA) is 44.4 Å². The Kier molecular flexibility index (Phi) is 5.77. The molecule has 0 aromatic rings. The monoisotopic (exact) mass is 227 g/mol. The summed E-state index contributed by atoms with van der Waals surface area (Å²) in [6.45, 7) is 9.59. The predicted octanol–water partition coefficient (Wildman–Crippen LogP) is 0.585. The summed E-state index contributed by atoms with van der Waals surface area (Å²) >= 11 is 0. The van der Waals surface area contributed by atoms with E-state index in [1.54, 1.807) is 0 Å². The fraction of sp³-hybridized carbons (Fsp3) is 0.917. The molecule has 1 rings (SSSR count). The first kappa shape index (κ1) is 13.5. The van der Waals surface area contributed by atoms with Crippen LogP contribution in [-0.2, 0) is 4.79 Å². The van der Waals surface area contributed by atoms with E-state index in [0.29, 0.717) is 18.6 Å². The Balaban J connectivity index is 2.43. The lowest BCUT2D eigenvalue weighted by Gasteiger charge is -2.36. The first-order chi connectivity index (χ1) is 7.67. The quantitative estimate of drug-likeness (QED) is 0.722. The van der Waals surface area contributed by atoms with Crippen molar-refractivity contribution >= 4 is 5.91 Å². The van der Waals surface area contributed by atoms with Crippen molar-refractivity contribution in [3.63, 3.8) is 0 Å². The molecule has 0 aromatic carbocycles. The van der Waals surface area contributed by atoms with E-state index >= 15 is 0 Å². The van der Waals surface area contributed by atoms with Gasteiger partial charge in [0, 0.05) is 18.6 Å². The van der Waals surface area contributed by atoms with Crippen molar-refractivity contribution in [3.05, 3.63) is 0 Å². The molecule has 0 radical (unpaired) electrons. The van der Waals surface area contributed by atoms with Gasteiger partial charge in [0.25, 0.3) is 0 Å². The summed E-state index contributed by atoms with van der Waals surface area (Å²) in [6, 6.07) is 1.13. The molecule has 0 spiro atoms. The van der Waals surface area contributed by atoms with E-state index in [-0.39, 0.29) is 5.91 Å². The first-order valence-electron chi connectivity index (χ1n) is 6.41. The second-order valence-electron chi connectivity index (χ2n) is 4.55. The van der Waals surface area contributed by atoms with E-state index < -0.39 is 0 Å². The number of amides is 1. The molecule has 1 aliphatic heterocycles. The molecule has 1 amide bonds. The van der Waals surface area contributed by atoms with Gasteiger partial charge in [-0.3, -0.25) is 9.69 Å². The molecule has 0 saturated carbocycles. The van der Waals surface area contributed by atoms with Crippen LogP contribution in [0.4, 0.5) is 0 Å². The number of piperidine rings is 1. The molecule has 0 aromatic heterocycles. The van der Waals surface area contributed by atoms with Crippen LogP contribution >= 0.6 is 0 Å². The van der Waals surface area contributed by atoms with Crippen molar-refractivity contribution < 1.29 is 4.79 Å². The summed E-state index contributed by atoms with van der Waals surface area (Å²) in [5.74, 6) is 0.149. The SMILES string of the molecule is CCNC(=O)CN(CC)C1CCNC(C)C1. The zero-order chi connectivity index (χ0) is 12.0. The lowest BCUT2D eigenvalue weighted by atomic mass is 9.99. The number of rotatable bonds is 5. The Hall–Kier alpha value is -0.610. The van der Waals surface area contributed by atoms with Gasteiger partial charge in [0.15, 0.2) is 0 Å². The summed E-state index contributed by atoms with van der Waals surface area (Å²) in [5, 5.41) is 6.31. The molecule has 94 valence electrons. The maximum Gasteiger partial charge on any atom is 0.234 e. The second-order valence-corrected chi connectivity index (χ2v) is 4.55. The lowest BCUT2D eigenvalue weighted by Crippen LogP contribution is -2.49. The molecule has 1 fully saturated rings. The van der Waals surface area contributed by atoms with Crippen molar-refractivity contribution in [2.45, 2.75) is 45.7 Å². The number of carbonyl (C=O) groups is 1. The average Bonchev–Trinajstić information content (AvgIpc) is 2.26. The molecule has 1 heterocycles. The van der Waals surface area contributed by atoms with Crippen molar-refractivity contribution in [3.8, 4) is 0 Å². The van der Waals surface area contributed by atoms with Crippen molar-refractivity contribution in [1.82, 2.24) is 15.5 Å².